The predicted octanol–water partition coefficient (Wildman–Crippen LogP) is 5.45. The molecule has 5 heterocycles. The molecular formula is C26H22N8. The van der Waals surface area contributed by atoms with Crippen LogP contribution in [0.15, 0.2) is 73.3 Å². The van der Waals surface area contributed by atoms with E-state index in [1.807, 2.05) is 55.0 Å². The molecule has 0 unspecified atom stereocenters. The number of benzene rings is 1. The molecule has 3 N–H and O–H groups in total. The van der Waals surface area contributed by atoms with E-state index in [1.165, 1.54) is 0 Å². The van der Waals surface area contributed by atoms with Crippen molar-refractivity contribution >= 4 is 27.8 Å². The van der Waals surface area contributed by atoms with E-state index in [4.69, 9.17) is 4.98 Å². The molecule has 1 aromatic carbocycles. The van der Waals surface area contributed by atoms with E-state index in [-0.39, 0.29) is 0 Å². The van der Waals surface area contributed by atoms with Crippen molar-refractivity contribution in [2.75, 3.05) is 5.32 Å². The lowest BCUT2D eigenvalue weighted by Gasteiger charge is -2.10. The highest BCUT2D eigenvalue weighted by Crippen LogP contribution is 2.32. The van der Waals surface area contributed by atoms with Crippen molar-refractivity contribution in [3.63, 3.8) is 0 Å². The lowest BCUT2D eigenvalue weighted by Crippen LogP contribution is -2.09. The van der Waals surface area contributed by atoms with E-state index >= 15 is 0 Å². The topological polar surface area (TPSA) is 108 Å². The number of hydrogen-bond donors (Lipinski definition) is 3. The Labute approximate surface area is 195 Å². The van der Waals surface area contributed by atoms with E-state index in [0.29, 0.717) is 17.5 Å². The van der Waals surface area contributed by atoms with Crippen molar-refractivity contribution in [1.82, 2.24) is 35.1 Å². The van der Waals surface area contributed by atoms with Crippen molar-refractivity contribution in [1.29, 1.82) is 0 Å². The van der Waals surface area contributed by atoms with Crippen molar-refractivity contribution in [2.24, 2.45) is 0 Å². The molecule has 0 fully saturated rings. The second-order valence-electron chi connectivity index (χ2n) is 8.46. The molecule has 0 amide bonds. The number of aromatic nitrogens is 7. The molecule has 8 heteroatoms. The summed E-state index contributed by atoms with van der Waals surface area (Å²) in [7, 11) is 0. The molecule has 5 aromatic heterocycles. The smallest absolute Gasteiger partial charge is 0.181 e. The third kappa shape index (κ3) is 3.55. The maximum Gasteiger partial charge on any atom is 0.181 e. The van der Waals surface area contributed by atoms with E-state index in [1.54, 1.807) is 6.20 Å². The van der Waals surface area contributed by atoms with Crippen LogP contribution in [-0.2, 0) is 0 Å². The zero-order chi connectivity index (χ0) is 23.1. The second-order valence-corrected chi connectivity index (χ2v) is 8.46. The van der Waals surface area contributed by atoms with Gasteiger partial charge in [-0.15, -0.1) is 0 Å². The Morgan fingerprint density at radius 3 is 2.68 bits per heavy atom. The van der Waals surface area contributed by atoms with Crippen LogP contribution in [0.25, 0.3) is 56.0 Å². The quantitative estimate of drug-likeness (QED) is 0.325. The van der Waals surface area contributed by atoms with Crippen LogP contribution in [0.3, 0.4) is 0 Å². The minimum Gasteiger partial charge on any atom is -0.382 e. The van der Waals surface area contributed by atoms with E-state index in [9.17, 15) is 0 Å². The first-order valence-electron chi connectivity index (χ1n) is 11.1. The van der Waals surface area contributed by atoms with Crippen molar-refractivity contribution in [3.8, 4) is 33.9 Å². The lowest BCUT2D eigenvalue weighted by molar-refractivity contribution is 0.898. The Morgan fingerprint density at radius 1 is 0.912 bits per heavy atom. The van der Waals surface area contributed by atoms with E-state index < -0.39 is 0 Å². The maximum atomic E-state index is 4.91. The number of anilines is 1. The Bertz CT molecular complexity index is 1610. The average molecular weight is 447 g/mol. The summed E-state index contributed by atoms with van der Waals surface area (Å²) in [4.78, 5) is 21.8. The van der Waals surface area contributed by atoms with E-state index in [0.717, 1.165) is 50.2 Å². The molecule has 0 atom stereocenters. The van der Waals surface area contributed by atoms with Crippen LogP contribution in [-0.4, -0.2) is 41.2 Å². The zero-order valence-electron chi connectivity index (χ0n) is 18.7. The van der Waals surface area contributed by atoms with Crippen molar-refractivity contribution in [3.05, 3.63) is 73.3 Å². The molecule has 0 bridgehead atoms. The fraction of sp³-hybridized carbons (Fsp3) is 0.115. The minimum atomic E-state index is 0.321. The van der Waals surface area contributed by atoms with Crippen molar-refractivity contribution < 1.29 is 0 Å². The normalized spacial score (nSPS) is 11.5. The van der Waals surface area contributed by atoms with Gasteiger partial charge in [0.2, 0.25) is 0 Å². The number of nitrogens with one attached hydrogen (secondary N) is 3. The molecule has 0 saturated carbocycles. The summed E-state index contributed by atoms with van der Waals surface area (Å²) in [5.74, 6) is 0.702. The molecule has 0 spiro atoms. The largest absolute Gasteiger partial charge is 0.382 e. The number of para-hydroxylation sites is 1. The summed E-state index contributed by atoms with van der Waals surface area (Å²) in [6, 6.07) is 16.4. The van der Waals surface area contributed by atoms with Gasteiger partial charge in [0.05, 0.1) is 27.8 Å². The van der Waals surface area contributed by atoms with Gasteiger partial charge in [0, 0.05) is 47.5 Å². The summed E-state index contributed by atoms with van der Waals surface area (Å²) in [6.45, 7) is 4.20. The van der Waals surface area contributed by atoms with Gasteiger partial charge in [0.25, 0.3) is 0 Å². The standard InChI is InChI=1S/C26H22N8/c1-15(2)30-18-10-16(12-27-14-18)17-11-20-24(33-34-25(20)29-13-17)26-31-22-8-5-6-19(23(22)32-26)21-7-3-4-9-28-21/h3-15,30H,1-2H3,(H,31,32)(H,29,33,34). The number of H-pyrrole nitrogens is 2. The number of hydrogen-bond acceptors (Lipinski definition) is 6. The molecule has 0 aliphatic heterocycles. The lowest BCUT2D eigenvalue weighted by atomic mass is 10.1. The molecule has 34 heavy (non-hydrogen) atoms. The SMILES string of the molecule is CC(C)Nc1cncc(-c2cnc3n[nH]c(-c4nc5c(-c6ccccn6)cccc5[nH]4)c3c2)c1. The van der Waals surface area contributed by atoms with Gasteiger partial charge in [-0.1, -0.05) is 18.2 Å². The van der Waals surface area contributed by atoms with Gasteiger partial charge in [-0.2, -0.15) is 5.10 Å². The van der Waals surface area contributed by atoms with E-state index in [2.05, 4.69) is 61.4 Å². The van der Waals surface area contributed by atoms with Crippen molar-refractivity contribution in [2.45, 2.75) is 19.9 Å². The number of pyridine rings is 3. The van der Waals surface area contributed by atoms with Crippen LogP contribution >= 0.6 is 0 Å². The van der Waals surface area contributed by atoms with Gasteiger partial charge in [-0.05, 0) is 44.2 Å². The predicted molar refractivity (Wildman–Crippen MR) is 134 cm³/mol. The van der Waals surface area contributed by atoms with Crippen LogP contribution in [0.1, 0.15) is 13.8 Å². The molecule has 0 saturated heterocycles. The van der Waals surface area contributed by atoms with Crippen LogP contribution in [0.4, 0.5) is 5.69 Å². The highest BCUT2D eigenvalue weighted by Gasteiger charge is 2.16. The van der Waals surface area contributed by atoms with Crippen LogP contribution in [0, 0.1) is 0 Å². The molecule has 0 aliphatic rings. The summed E-state index contributed by atoms with van der Waals surface area (Å²) < 4.78 is 0. The van der Waals surface area contributed by atoms with Gasteiger partial charge in [0.1, 0.15) is 5.69 Å². The number of aromatic amines is 2. The molecular weight excluding hydrogens is 424 g/mol. The van der Waals surface area contributed by atoms with Gasteiger partial charge in [-0.25, -0.2) is 9.97 Å². The van der Waals surface area contributed by atoms with Crippen LogP contribution in [0.5, 0.6) is 0 Å². The number of imidazole rings is 1. The summed E-state index contributed by atoms with van der Waals surface area (Å²) in [5.41, 5.74) is 7.98. The summed E-state index contributed by atoms with van der Waals surface area (Å²) >= 11 is 0. The van der Waals surface area contributed by atoms with Crippen LogP contribution < -0.4 is 5.32 Å². The first-order valence-corrected chi connectivity index (χ1v) is 11.1. The first-order chi connectivity index (χ1) is 16.7. The Balaban J connectivity index is 1.45. The Morgan fingerprint density at radius 2 is 1.82 bits per heavy atom. The Kier molecular flexibility index (Phi) is 4.76. The molecule has 0 aliphatic carbocycles. The van der Waals surface area contributed by atoms with Crippen LogP contribution in [0.2, 0.25) is 0 Å². The summed E-state index contributed by atoms with van der Waals surface area (Å²) in [5, 5.41) is 11.8. The maximum absolute atomic E-state index is 4.91. The number of fused-ring (bicyclic) bond motifs is 2. The van der Waals surface area contributed by atoms with Gasteiger partial charge in [-0.3, -0.25) is 15.1 Å². The van der Waals surface area contributed by atoms with Gasteiger partial charge in [0.15, 0.2) is 11.5 Å². The molecule has 6 rings (SSSR count). The molecule has 0 radical (unpaired) electrons. The number of nitrogens with zero attached hydrogens (tertiary/aromatic N) is 5. The minimum absolute atomic E-state index is 0.321. The number of rotatable bonds is 5. The highest BCUT2D eigenvalue weighted by molar-refractivity contribution is 5.96. The second kappa shape index (κ2) is 8.08. The molecule has 8 nitrogen and oxygen atoms in total. The van der Waals surface area contributed by atoms with Gasteiger partial charge >= 0.3 is 0 Å². The highest BCUT2D eigenvalue weighted by atomic mass is 15.2. The monoisotopic (exact) mass is 446 g/mol. The Hall–Kier alpha value is -4.59. The zero-order valence-corrected chi connectivity index (χ0v) is 18.7. The van der Waals surface area contributed by atoms with Gasteiger partial charge < -0.3 is 10.3 Å². The first kappa shape index (κ1) is 20.0. The third-order valence-corrected chi connectivity index (χ3v) is 5.63. The average Bonchev–Trinajstić information content (AvgIpc) is 3.48. The molecule has 166 valence electrons. The fourth-order valence-corrected chi connectivity index (χ4v) is 4.13. The third-order valence-electron chi connectivity index (χ3n) is 5.63. The fourth-order valence-electron chi connectivity index (χ4n) is 4.13. The summed E-state index contributed by atoms with van der Waals surface area (Å²) in [6.07, 6.45) is 7.28. The molecule has 6 aromatic rings.